The molecule has 70 valence electrons. The van der Waals surface area contributed by atoms with E-state index in [1.807, 2.05) is 16.8 Å². The average molecular weight is 188 g/mol. The number of hydrogen-bond donors (Lipinski definition) is 0. The van der Waals surface area contributed by atoms with Crippen molar-refractivity contribution < 1.29 is 0 Å². The van der Waals surface area contributed by atoms with Crippen LogP contribution in [0.3, 0.4) is 0 Å². The van der Waals surface area contributed by atoms with Crippen molar-refractivity contribution in [3.05, 3.63) is 30.9 Å². The van der Waals surface area contributed by atoms with Gasteiger partial charge in [0.2, 0.25) is 0 Å². The van der Waals surface area contributed by atoms with Crippen molar-refractivity contribution in [2.24, 2.45) is 0 Å². The van der Waals surface area contributed by atoms with Gasteiger partial charge >= 0.3 is 0 Å². The van der Waals surface area contributed by atoms with Crippen LogP contribution in [0.25, 0.3) is 0 Å². The predicted octanol–water partition coefficient (Wildman–Crippen LogP) is 0.0465. The summed E-state index contributed by atoms with van der Waals surface area (Å²) in [5.74, 6) is 0.204. The number of imidazole rings is 1. The van der Waals surface area contributed by atoms with Gasteiger partial charge in [0.25, 0.3) is 5.82 Å². The van der Waals surface area contributed by atoms with Gasteiger partial charge in [0, 0.05) is 18.9 Å². The van der Waals surface area contributed by atoms with E-state index < -0.39 is 0 Å². The predicted molar refractivity (Wildman–Crippen MR) is 47.0 cm³/mol. The summed E-state index contributed by atoms with van der Waals surface area (Å²) < 4.78 is 3.58. The molecular weight excluding hydrogens is 180 g/mol. The molecule has 0 aliphatic rings. The molecule has 2 aromatic heterocycles. The molecule has 6 nitrogen and oxygen atoms in total. The first kappa shape index (κ1) is 8.44. The lowest BCUT2D eigenvalue weighted by Crippen LogP contribution is -2.06. The molecule has 2 rings (SSSR count). The fraction of sp³-hybridized carbons (Fsp3) is 0.250. The Morgan fingerprint density at radius 2 is 2.29 bits per heavy atom. The van der Waals surface area contributed by atoms with E-state index in [4.69, 9.17) is 5.26 Å². The second-order valence-electron chi connectivity index (χ2n) is 2.74. The maximum Gasteiger partial charge on any atom is 0.252 e. The summed E-state index contributed by atoms with van der Waals surface area (Å²) in [6.45, 7) is 1.46. The van der Waals surface area contributed by atoms with E-state index in [0.29, 0.717) is 6.54 Å². The van der Waals surface area contributed by atoms with Crippen LogP contribution in [0.15, 0.2) is 25.0 Å². The van der Waals surface area contributed by atoms with Gasteiger partial charge in [-0.15, -0.1) is 5.10 Å². The first-order valence-corrected chi connectivity index (χ1v) is 4.14. The highest BCUT2D eigenvalue weighted by Crippen LogP contribution is 1.91. The van der Waals surface area contributed by atoms with Crippen molar-refractivity contribution in [1.29, 1.82) is 5.26 Å². The lowest BCUT2D eigenvalue weighted by Gasteiger charge is -2.00. The van der Waals surface area contributed by atoms with E-state index in [1.165, 1.54) is 0 Å². The zero-order chi connectivity index (χ0) is 9.80. The Hall–Kier alpha value is -2.16. The molecule has 2 heterocycles. The van der Waals surface area contributed by atoms with E-state index in [1.54, 1.807) is 23.5 Å². The quantitative estimate of drug-likeness (QED) is 0.682. The second kappa shape index (κ2) is 3.70. The summed E-state index contributed by atoms with van der Waals surface area (Å²) in [6.07, 6.45) is 6.89. The Morgan fingerprint density at radius 1 is 1.36 bits per heavy atom. The minimum Gasteiger partial charge on any atom is -0.336 e. The first-order chi connectivity index (χ1) is 6.88. The topological polar surface area (TPSA) is 72.3 Å². The molecule has 0 aromatic carbocycles. The zero-order valence-corrected chi connectivity index (χ0v) is 7.41. The normalized spacial score (nSPS) is 9.93. The number of hydrogen-bond acceptors (Lipinski definition) is 4. The molecule has 0 saturated carbocycles. The van der Waals surface area contributed by atoms with Crippen molar-refractivity contribution in [3.8, 4) is 6.07 Å². The number of nitriles is 1. The van der Waals surface area contributed by atoms with Crippen molar-refractivity contribution >= 4 is 0 Å². The van der Waals surface area contributed by atoms with Gasteiger partial charge in [-0.1, -0.05) is 0 Å². The maximum atomic E-state index is 8.50. The summed E-state index contributed by atoms with van der Waals surface area (Å²) in [5, 5.41) is 12.4. The molecule has 0 aliphatic heterocycles. The molecule has 0 N–H and O–H groups in total. The molecule has 0 unspecified atom stereocenters. The molecule has 0 spiro atoms. The lowest BCUT2D eigenvalue weighted by molar-refractivity contribution is 0.531. The highest BCUT2D eigenvalue weighted by molar-refractivity contribution is 5.05. The number of rotatable bonds is 3. The van der Waals surface area contributed by atoms with E-state index in [2.05, 4.69) is 15.1 Å². The van der Waals surface area contributed by atoms with Crippen LogP contribution in [0.2, 0.25) is 0 Å². The lowest BCUT2D eigenvalue weighted by atomic mass is 10.6. The highest BCUT2D eigenvalue weighted by atomic mass is 15.3. The van der Waals surface area contributed by atoms with Crippen LogP contribution >= 0.6 is 0 Å². The molecule has 14 heavy (non-hydrogen) atoms. The highest BCUT2D eigenvalue weighted by Gasteiger charge is 1.98. The number of aryl methyl sites for hydroxylation is 2. The molecule has 0 fully saturated rings. The Labute approximate surface area is 80.4 Å². The van der Waals surface area contributed by atoms with Crippen molar-refractivity contribution in [1.82, 2.24) is 24.3 Å². The van der Waals surface area contributed by atoms with Gasteiger partial charge in [0.1, 0.15) is 12.4 Å². The van der Waals surface area contributed by atoms with Crippen LogP contribution in [-0.4, -0.2) is 24.3 Å². The van der Waals surface area contributed by atoms with Crippen LogP contribution in [0.4, 0.5) is 0 Å². The van der Waals surface area contributed by atoms with Gasteiger partial charge in [-0.2, -0.15) is 5.26 Å². The van der Waals surface area contributed by atoms with Crippen LogP contribution in [0.1, 0.15) is 5.82 Å². The third kappa shape index (κ3) is 1.77. The largest absolute Gasteiger partial charge is 0.336 e. The molecule has 2 aromatic rings. The number of aromatic nitrogens is 5. The molecule has 0 radical (unpaired) electrons. The smallest absolute Gasteiger partial charge is 0.252 e. The minimum atomic E-state index is 0.204. The van der Waals surface area contributed by atoms with Crippen LogP contribution in [0.5, 0.6) is 0 Å². The summed E-state index contributed by atoms with van der Waals surface area (Å²) in [6, 6.07) is 1.88. The summed E-state index contributed by atoms with van der Waals surface area (Å²) >= 11 is 0. The van der Waals surface area contributed by atoms with Gasteiger partial charge in [0.05, 0.1) is 12.9 Å². The fourth-order valence-corrected chi connectivity index (χ4v) is 1.09. The molecule has 0 bridgehead atoms. The molecule has 0 aliphatic carbocycles. The zero-order valence-electron chi connectivity index (χ0n) is 7.41. The molecular formula is C8H8N6. The minimum absolute atomic E-state index is 0.204. The summed E-state index contributed by atoms with van der Waals surface area (Å²) in [7, 11) is 0. The molecule has 0 saturated heterocycles. The standard InChI is InChI=1S/C8H8N6/c9-5-8-11-7-14(12-8)4-3-13-2-1-10-6-13/h1-2,6-7H,3-4H2. The SMILES string of the molecule is N#Cc1ncn(CCn2ccnc2)n1. The van der Waals surface area contributed by atoms with E-state index >= 15 is 0 Å². The van der Waals surface area contributed by atoms with Gasteiger partial charge < -0.3 is 4.57 Å². The monoisotopic (exact) mass is 188 g/mol. The van der Waals surface area contributed by atoms with Gasteiger partial charge in [-0.3, -0.25) is 0 Å². The Kier molecular flexibility index (Phi) is 2.23. The average Bonchev–Trinajstić information content (AvgIpc) is 2.86. The van der Waals surface area contributed by atoms with Crippen LogP contribution in [0, 0.1) is 11.3 Å². The van der Waals surface area contributed by atoms with Gasteiger partial charge in [-0.25, -0.2) is 14.6 Å². The molecule has 0 atom stereocenters. The maximum absolute atomic E-state index is 8.50. The Morgan fingerprint density at radius 3 is 2.93 bits per heavy atom. The van der Waals surface area contributed by atoms with Crippen molar-refractivity contribution in [2.45, 2.75) is 13.1 Å². The van der Waals surface area contributed by atoms with E-state index in [-0.39, 0.29) is 5.82 Å². The van der Waals surface area contributed by atoms with Crippen molar-refractivity contribution in [2.75, 3.05) is 0 Å². The molecule has 6 heteroatoms. The Balaban J connectivity index is 1.96. The fourth-order valence-electron chi connectivity index (χ4n) is 1.09. The first-order valence-electron chi connectivity index (χ1n) is 4.14. The van der Waals surface area contributed by atoms with Crippen LogP contribution in [-0.2, 0) is 13.1 Å². The Bertz CT molecular complexity index is 435. The van der Waals surface area contributed by atoms with Crippen molar-refractivity contribution in [3.63, 3.8) is 0 Å². The summed E-state index contributed by atoms with van der Waals surface area (Å²) in [4.78, 5) is 7.72. The number of nitrogens with zero attached hydrogens (tertiary/aromatic N) is 6. The van der Waals surface area contributed by atoms with E-state index in [0.717, 1.165) is 6.54 Å². The third-order valence-corrected chi connectivity index (χ3v) is 1.78. The molecule has 0 amide bonds. The second-order valence-corrected chi connectivity index (χ2v) is 2.74. The van der Waals surface area contributed by atoms with E-state index in [9.17, 15) is 0 Å². The van der Waals surface area contributed by atoms with Crippen LogP contribution < -0.4 is 0 Å². The van der Waals surface area contributed by atoms with Gasteiger partial charge in [-0.05, 0) is 0 Å². The van der Waals surface area contributed by atoms with Gasteiger partial charge in [0.15, 0.2) is 0 Å². The summed E-state index contributed by atoms with van der Waals surface area (Å²) in [5.41, 5.74) is 0. The third-order valence-electron chi connectivity index (χ3n) is 1.78.